The van der Waals surface area contributed by atoms with E-state index in [4.69, 9.17) is 4.74 Å². The molecule has 0 aromatic heterocycles. The van der Waals surface area contributed by atoms with Gasteiger partial charge in [0.2, 0.25) is 0 Å². The van der Waals surface area contributed by atoms with Gasteiger partial charge in [-0.25, -0.2) is 0 Å². The van der Waals surface area contributed by atoms with Crippen LogP contribution in [-0.2, 0) is 17.8 Å². The van der Waals surface area contributed by atoms with Crippen LogP contribution < -0.4 is 15.5 Å². The Bertz CT molecular complexity index is 865. The van der Waals surface area contributed by atoms with Crippen molar-refractivity contribution in [3.8, 4) is 0 Å². The summed E-state index contributed by atoms with van der Waals surface area (Å²) >= 11 is 0. The number of aliphatic imine (C=N–C) groups is 1. The van der Waals surface area contributed by atoms with Crippen molar-refractivity contribution in [2.45, 2.75) is 13.1 Å². The second-order valence-electron chi connectivity index (χ2n) is 7.40. The summed E-state index contributed by atoms with van der Waals surface area (Å²) < 4.78 is 5.48. The Morgan fingerprint density at radius 3 is 2.32 bits per heavy atom. The lowest BCUT2D eigenvalue weighted by Gasteiger charge is -2.30. The summed E-state index contributed by atoms with van der Waals surface area (Å²) in [4.78, 5) is 20.3. The number of hydrogen-bond acceptors (Lipinski definition) is 4. The summed E-state index contributed by atoms with van der Waals surface area (Å²) in [6.07, 6.45) is 0. The number of carbonyl (C=O) groups excluding carboxylic acids is 1. The highest BCUT2D eigenvalue weighted by Gasteiger charge is 2.14. The molecule has 0 radical (unpaired) electrons. The third kappa shape index (κ3) is 7.10. The van der Waals surface area contributed by atoms with E-state index in [0.29, 0.717) is 18.7 Å². The standard InChI is InChI=1S/C23H31N5O2.HI/c1-24-23(25-16-18-8-10-19(11-9-18)22(29)27(2)3)26-17-20-6-4-5-7-21(20)28-12-14-30-15-13-28;/h4-11H,12-17H2,1-3H3,(H2,24,25,26);1H. The average Bonchev–Trinajstić information content (AvgIpc) is 2.80. The molecule has 168 valence electrons. The molecule has 0 bridgehead atoms. The Labute approximate surface area is 201 Å². The van der Waals surface area contributed by atoms with E-state index < -0.39 is 0 Å². The molecule has 1 fully saturated rings. The Kier molecular flexibility index (Phi) is 10.1. The summed E-state index contributed by atoms with van der Waals surface area (Å²) in [5.41, 5.74) is 4.24. The minimum Gasteiger partial charge on any atom is -0.378 e. The summed E-state index contributed by atoms with van der Waals surface area (Å²) in [6, 6.07) is 16.1. The van der Waals surface area contributed by atoms with Crippen LogP contribution >= 0.6 is 24.0 Å². The van der Waals surface area contributed by atoms with Crippen molar-refractivity contribution in [1.29, 1.82) is 0 Å². The molecule has 0 saturated carbocycles. The molecule has 0 atom stereocenters. The van der Waals surface area contributed by atoms with Gasteiger partial charge in [0.15, 0.2) is 5.96 Å². The molecule has 1 aliphatic rings. The Balaban J connectivity index is 0.00000341. The number of amides is 1. The van der Waals surface area contributed by atoms with E-state index in [-0.39, 0.29) is 29.9 Å². The highest BCUT2D eigenvalue weighted by atomic mass is 127. The zero-order chi connectivity index (χ0) is 21.3. The van der Waals surface area contributed by atoms with Gasteiger partial charge in [-0.15, -0.1) is 24.0 Å². The van der Waals surface area contributed by atoms with Gasteiger partial charge in [-0.1, -0.05) is 30.3 Å². The van der Waals surface area contributed by atoms with Crippen molar-refractivity contribution in [1.82, 2.24) is 15.5 Å². The molecule has 7 nitrogen and oxygen atoms in total. The maximum Gasteiger partial charge on any atom is 0.253 e. The monoisotopic (exact) mass is 537 g/mol. The van der Waals surface area contributed by atoms with Crippen LogP contribution in [0.4, 0.5) is 5.69 Å². The summed E-state index contributed by atoms with van der Waals surface area (Å²) in [5.74, 6) is 0.742. The number of guanidine groups is 1. The van der Waals surface area contributed by atoms with Crippen molar-refractivity contribution in [2.24, 2.45) is 4.99 Å². The molecule has 0 aliphatic carbocycles. The number of anilines is 1. The van der Waals surface area contributed by atoms with Gasteiger partial charge in [-0.05, 0) is 29.3 Å². The normalized spacial score (nSPS) is 13.9. The molecule has 0 spiro atoms. The quantitative estimate of drug-likeness (QED) is 0.337. The van der Waals surface area contributed by atoms with Gasteiger partial charge >= 0.3 is 0 Å². The van der Waals surface area contributed by atoms with Crippen LogP contribution in [0.2, 0.25) is 0 Å². The number of ether oxygens (including phenoxy) is 1. The number of hydrogen-bond donors (Lipinski definition) is 2. The molecular formula is C23H32IN5O2. The van der Waals surface area contributed by atoms with Gasteiger partial charge in [-0.2, -0.15) is 0 Å². The van der Waals surface area contributed by atoms with Gasteiger partial charge in [0.05, 0.1) is 13.2 Å². The Hall–Kier alpha value is -2.33. The third-order valence-corrected chi connectivity index (χ3v) is 5.08. The molecular weight excluding hydrogens is 505 g/mol. The second kappa shape index (κ2) is 12.5. The fraction of sp³-hybridized carbons (Fsp3) is 0.391. The van der Waals surface area contributed by atoms with E-state index in [1.807, 2.05) is 24.3 Å². The van der Waals surface area contributed by atoms with Crippen LogP contribution in [0.15, 0.2) is 53.5 Å². The molecule has 31 heavy (non-hydrogen) atoms. The first-order valence-corrected chi connectivity index (χ1v) is 10.2. The third-order valence-electron chi connectivity index (χ3n) is 5.08. The lowest BCUT2D eigenvalue weighted by Crippen LogP contribution is -2.39. The van der Waals surface area contributed by atoms with Crippen LogP contribution in [0, 0.1) is 0 Å². The van der Waals surface area contributed by atoms with E-state index in [1.165, 1.54) is 11.3 Å². The first-order chi connectivity index (χ1) is 14.6. The number of nitrogens with one attached hydrogen (secondary N) is 2. The van der Waals surface area contributed by atoms with Crippen molar-refractivity contribution in [3.05, 3.63) is 65.2 Å². The lowest BCUT2D eigenvalue weighted by atomic mass is 10.1. The number of rotatable bonds is 6. The lowest BCUT2D eigenvalue weighted by molar-refractivity contribution is 0.0827. The fourth-order valence-corrected chi connectivity index (χ4v) is 3.38. The Morgan fingerprint density at radius 1 is 1.03 bits per heavy atom. The number of benzene rings is 2. The average molecular weight is 537 g/mol. The zero-order valence-electron chi connectivity index (χ0n) is 18.4. The van der Waals surface area contributed by atoms with E-state index in [1.54, 1.807) is 26.0 Å². The molecule has 1 saturated heterocycles. The molecule has 0 unspecified atom stereocenters. The molecule has 2 aromatic carbocycles. The first kappa shape index (κ1) is 24.9. The second-order valence-corrected chi connectivity index (χ2v) is 7.40. The van der Waals surface area contributed by atoms with Crippen molar-refractivity contribution >= 4 is 41.5 Å². The van der Waals surface area contributed by atoms with Crippen LogP contribution in [0.25, 0.3) is 0 Å². The van der Waals surface area contributed by atoms with Gasteiger partial charge in [-0.3, -0.25) is 9.79 Å². The minimum atomic E-state index is 0. The molecule has 2 N–H and O–H groups in total. The molecule has 1 aliphatic heterocycles. The number of halogens is 1. The van der Waals surface area contributed by atoms with Gasteiger partial charge in [0, 0.05) is 58.6 Å². The maximum absolute atomic E-state index is 12.0. The minimum absolute atomic E-state index is 0. The number of nitrogens with zero attached hydrogens (tertiary/aromatic N) is 3. The van der Waals surface area contributed by atoms with Crippen molar-refractivity contribution in [3.63, 3.8) is 0 Å². The van der Waals surface area contributed by atoms with E-state index in [9.17, 15) is 4.79 Å². The topological polar surface area (TPSA) is 69.2 Å². The summed E-state index contributed by atoms with van der Waals surface area (Å²) in [5, 5.41) is 6.74. The molecule has 1 heterocycles. The molecule has 3 rings (SSSR count). The molecule has 2 aromatic rings. The summed E-state index contributed by atoms with van der Waals surface area (Å²) in [6.45, 7) is 4.67. The fourth-order valence-electron chi connectivity index (χ4n) is 3.38. The van der Waals surface area contributed by atoms with Gasteiger partial charge in [0.25, 0.3) is 5.91 Å². The van der Waals surface area contributed by atoms with Gasteiger partial charge < -0.3 is 25.2 Å². The predicted molar refractivity (Wildman–Crippen MR) is 136 cm³/mol. The van der Waals surface area contributed by atoms with E-state index in [0.717, 1.165) is 37.8 Å². The number of morpholine rings is 1. The van der Waals surface area contributed by atoms with E-state index >= 15 is 0 Å². The van der Waals surface area contributed by atoms with Crippen LogP contribution in [0.3, 0.4) is 0 Å². The van der Waals surface area contributed by atoms with Crippen molar-refractivity contribution < 1.29 is 9.53 Å². The first-order valence-electron chi connectivity index (χ1n) is 10.2. The van der Waals surface area contributed by atoms with Gasteiger partial charge in [0.1, 0.15) is 0 Å². The SMILES string of the molecule is CN=C(NCc1ccc(C(=O)N(C)C)cc1)NCc1ccccc1N1CCOCC1.I. The Morgan fingerprint density at radius 2 is 1.68 bits per heavy atom. The molecule has 8 heteroatoms. The number of carbonyl (C=O) groups is 1. The van der Waals surface area contributed by atoms with Crippen LogP contribution in [0.5, 0.6) is 0 Å². The maximum atomic E-state index is 12.0. The van der Waals surface area contributed by atoms with Crippen molar-refractivity contribution in [2.75, 3.05) is 52.3 Å². The number of para-hydroxylation sites is 1. The summed E-state index contributed by atoms with van der Waals surface area (Å²) in [7, 11) is 5.28. The zero-order valence-corrected chi connectivity index (χ0v) is 20.8. The highest BCUT2D eigenvalue weighted by Crippen LogP contribution is 2.21. The molecule has 1 amide bonds. The highest BCUT2D eigenvalue weighted by molar-refractivity contribution is 14.0. The van der Waals surface area contributed by atoms with E-state index in [2.05, 4.69) is 44.8 Å². The predicted octanol–water partition coefficient (Wildman–Crippen LogP) is 2.71. The largest absolute Gasteiger partial charge is 0.378 e. The smallest absolute Gasteiger partial charge is 0.253 e. The van der Waals surface area contributed by atoms with Crippen LogP contribution in [0.1, 0.15) is 21.5 Å². The van der Waals surface area contributed by atoms with Crippen LogP contribution in [-0.4, -0.2) is 64.2 Å².